The summed E-state index contributed by atoms with van der Waals surface area (Å²) in [5, 5.41) is 1.03. The van der Waals surface area contributed by atoms with Crippen molar-refractivity contribution in [2.24, 2.45) is 0 Å². The average Bonchev–Trinajstić information content (AvgIpc) is 3.00. The van der Waals surface area contributed by atoms with Crippen LogP contribution in [0, 0.1) is 0 Å². The lowest BCUT2D eigenvalue weighted by atomic mass is 10.0. The summed E-state index contributed by atoms with van der Waals surface area (Å²) in [7, 11) is 0. The average molecular weight is 302 g/mol. The van der Waals surface area contributed by atoms with Gasteiger partial charge in [0.05, 0.1) is 10.2 Å². The number of hydrogen-bond acceptors (Lipinski definition) is 3. The van der Waals surface area contributed by atoms with E-state index in [-0.39, 0.29) is 0 Å². The van der Waals surface area contributed by atoms with Gasteiger partial charge in [0, 0.05) is 16.8 Å². The van der Waals surface area contributed by atoms with Gasteiger partial charge in [-0.3, -0.25) is 0 Å². The largest absolute Gasteiger partial charge is 0.399 e. The SMILES string of the molecule is Nc1ccc(-c2nc3c(-c4ccccc4)cccc3s2)cc1. The third-order valence-electron chi connectivity index (χ3n) is 3.66. The van der Waals surface area contributed by atoms with Crippen molar-refractivity contribution in [3.63, 3.8) is 0 Å². The summed E-state index contributed by atoms with van der Waals surface area (Å²) in [6.45, 7) is 0. The number of thiazole rings is 1. The summed E-state index contributed by atoms with van der Waals surface area (Å²) in [6.07, 6.45) is 0. The van der Waals surface area contributed by atoms with Crippen molar-refractivity contribution in [2.45, 2.75) is 0 Å². The third-order valence-corrected chi connectivity index (χ3v) is 4.73. The molecule has 4 aromatic rings. The Morgan fingerprint density at radius 2 is 1.50 bits per heavy atom. The first-order valence-electron chi connectivity index (χ1n) is 7.12. The first-order valence-corrected chi connectivity index (χ1v) is 7.94. The lowest BCUT2D eigenvalue weighted by Gasteiger charge is -2.01. The van der Waals surface area contributed by atoms with Gasteiger partial charge in [-0.15, -0.1) is 11.3 Å². The minimum atomic E-state index is 0.773. The van der Waals surface area contributed by atoms with Gasteiger partial charge >= 0.3 is 0 Å². The van der Waals surface area contributed by atoms with Crippen molar-refractivity contribution in [1.29, 1.82) is 0 Å². The molecule has 0 aliphatic heterocycles. The number of anilines is 1. The molecule has 1 heterocycles. The number of para-hydroxylation sites is 1. The molecule has 2 nitrogen and oxygen atoms in total. The third kappa shape index (κ3) is 2.26. The van der Waals surface area contributed by atoms with Gasteiger partial charge in [-0.25, -0.2) is 4.98 Å². The first-order chi connectivity index (χ1) is 10.8. The van der Waals surface area contributed by atoms with Crippen LogP contribution >= 0.6 is 11.3 Å². The second kappa shape index (κ2) is 5.28. The summed E-state index contributed by atoms with van der Waals surface area (Å²) in [5.74, 6) is 0. The molecule has 4 rings (SSSR count). The number of nitrogens with zero attached hydrogens (tertiary/aromatic N) is 1. The molecule has 0 saturated carbocycles. The zero-order valence-electron chi connectivity index (χ0n) is 11.9. The number of rotatable bonds is 2. The predicted octanol–water partition coefficient (Wildman–Crippen LogP) is 5.21. The molecule has 0 unspecified atom stereocenters. The highest BCUT2D eigenvalue weighted by molar-refractivity contribution is 7.21. The van der Waals surface area contributed by atoms with Crippen LogP contribution < -0.4 is 5.73 Å². The van der Waals surface area contributed by atoms with Crippen LogP contribution in [-0.4, -0.2) is 4.98 Å². The molecule has 0 aliphatic rings. The summed E-state index contributed by atoms with van der Waals surface area (Å²) in [6, 6.07) is 24.6. The number of nitrogen functional groups attached to an aromatic ring is 1. The molecule has 0 spiro atoms. The van der Waals surface area contributed by atoms with E-state index in [1.807, 2.05) is 30.3 Å². The fraction of sp³-hybridized carbons (Fsp3) is 0. The van der Waals surface area contributed by atoms with E-state index in [1.54, 1.807) is 11.3 Å². The fourth-order valence-electron chi connectivity index (χ4n) is 2.55. The van der Waals surface area contributed by atoms with Crippen LogP contribution in [0.25, 0.3) is 31.9 Å². The molecule has 0 radical (unpaired) electrons. The summed E-state index contributed by atoms with van der Waals surface area (Å²) < 4.78 is 1.20. The molecular formula is C19H14N2S. The van der Waals surface area contributed by atoms with Gasteiger partial charge in [-0.05, 0) is 35.9 Å². The quantitative estimate of drug-likeness (QED) is 0.516. The molecule has 3 aromatic carbocycles. The molecule has 1 aromatic heterocycles. The maximum absolute atomic E-state index is 5.76. The minimum absolute atomic E-state index is 0.773. The fourth-order valence-corrected chi connectivity index (χ4v) is 3.55. The number of nitrogens with two attached hydrogens (primary N) is 1. The highest BCUT2D eigenvalue weighted by Gasteiger charge is 2.10. The van der Waals surface area contributed by atoms with Gasteiger partial charge in [0.1, 0.15) is 5.01 Å². The van der Waals surface area contributed by atoms with E-state index in [2.05, 4.69) is 42.5 Å². The standard InChI is InChI=1S/C19H14N2S/c20-15-11-9-14(10-12-15)19-21-18-16(7-4-8-17(18)22-19)13-5-2-1-3-6-13/h1-12H,20H2. The van der Waals surface area contributed by atoms with Crippen LogP contribution in [-0.2, 0) is 0 Å². The minimum Gasteiger partial charge on any atom is -0.399 e. The zero-order chi connectivity index (χ0) is 14.9. The molecule has 2 N–H and O–H groups in total. The molecule has 22 heavy (non-hydrogen) atoms. The highest BCUT2D eigenvalue weighted by atomic mass is 32.1. The molecule has 0 amide bonds. The summed E-state index contributed by atoms with van der Waals surface area (Å²) >= 11 is 1.71. The van der Waals surface area contributed by atoms with Crippen LogP contribution in [0.2, 0.25) is 0 Å². The molecule has 0 aliphatic carbocycles. The second-order valence-electron chi connectivity index (χ2n) is 5.16. The Kier molecular flexibility index (Phi) is 3.13. The van der Waals surface area contributed by atoms with E-state index in [9.17, 15) is 0 Å². The number of benzene rings is 3. The monoisotopic (exact) mass is 302 g/mol. The Morgan fingerprint density at radius 1 is 0.727 bits per heavy atom. The Hall–Kier alpha value is -2.65. The Labute approximate surface area is 132 Å². The number of fused-ring (bicyclic) bond motifs is 1. The van der Waals surface area contributed by atoms with E-state index in [0.717, 1.165) is 21.8 Å². The van der Waals surface area contributed by atoms with Crippen molar-refractivity contribution in [3.05, 3.63) is 72.8 Å². The highest BCUT2D eigenvalue weighted by Crippen LogP contribution is 2.35. The summed E-state index contributed by atoms with van der Waals surface area (Å²) in [4.78, 5) is 4.87. The first kappa shape index (κ1) is 13.0. The molecule has 0 saturated heterocycles. The van der Waals surface area contributed by atoms with Crippen LogP contribution in [0.5, 0.6) is 0 Å². The molecule has 0 fully saturated rings. The molecular weight excluding hydrogens is 288 g/mol. The Bertz CT molecular complexity index is 925. The molecule has 3 heteroatoms. The second-order valence-corrected chi connectivity index (χ2v) is 6.19. The Balaban J connectivity index is 1.89. The maximum Gasteiger partial charge on any atom is 0.124 e. The van der Waals surface area contributed by atoms with Crippen molar-refractivity contribution in [3.8, 4) is 21.7 Å². The normalized spacial score (nSPS) is 10.9. The van der Waals surface area contributed by atoms with Gasteiger partial charge < -0.3 is 5.73 Å². The lowest BCUT2D eigenvalue weighted by molar-refractivity contribution is 1.47. The molecule has 0 atom stereocenters. The van der Waals surface area contributed by atoms with E-state index >= 15 is 0 Å². The molecule has 0 bridgehead atoms. The Morgan fingerprint density at radius 3 is 2.27 bits per heavy atom. The van der Waals surface area contributed by atoms with E-state index in [0.29, 0.717) is 0 Å². The van der Waals surface area contributed by atoms with E-state index < -0.39 is 0 Å². The van der Waals surface area contributed by atoms with Crippen molar-refractivity contribution < 1.29 is 0 Å². The van der Waals surface area contributed by atoms with E-state index in [4.69, 9.17) is 10.7 Å². The van der Waals surface area contributed by atoms with Gasteiger partial charge in [0.25, 0.3) is 0 Å². The van der Waals surface area contributed by atoms with Crippen LogP contribution in [0.3, 0.4) is 0 Å². The van der Waals surface area contributed by atoms with Crippen LogP contribution in [0.1, 0.15) is 0 Å². The van der Waals surface area contributed by atoms with Crippen LogP contribution in [0.15, 0.2) is 72.8 Å². The zero-order valence-corrected chi connectivity index (χ0v) is 12.7. The van der Waals surface area contributed by atoms with Crippen molar-refractivity contribution in [1.82, 2.24) is 4.98 Å². The summed E-state index contributed by atoms with van der Waals surface area (Å²) in [5.41, 5.74) is 11.1. The van der Waals surface area contributed by atoms with Crippen molar-refractivity contribution in [2.75, 3.05) is 5.73 Å². The smallest absolute Gasteiger partial charge is 0.124 e. The number of aromatic nitrogens is 1. The predicted molar refractivity (Wildman–Crippen MR) is 94.9 cm³/mol. The van der Waals surface area contributed by atoms with Gasteiger partial charge in [-0.2, -0.15) is 0 Å². The molecule has 106 valence electrons. The van der Waals surface area contributed by atoms with Crippen molar-refractivity contribution >= 4 is 27.2 Å². The van der Waals surface area contributed by atoms with Gasteiger partial charge in [0.15, 0.2) is 0 Å². The van der Waals surface area contributed by atoms with Crippen LogP contribution in [0.4, 0.5) is 5.69 Å². The maximum atomic E-state index is 5.76. The topological polar surface area (TPSA) is 38.9 Å². The van der Waals surface area contributed by atoms with Gasteiger partial charge in [-0.1, -0.05) is 42.5 Å². The lowest BCUT2D eigenvalue weighted by Crippen LogP contribution is -1.83. The van der Waals surface area contributed by atoms with Gasteiger partial charge in [0.2, 0.25) is 0 Å². The van der Waals surface area contributed by atoms with E-state index in [1.165, 1.54) is 15.8 Å². The number of hydrogen-bond donors (Lipinski definition) is 1.